The van der Waals surface area contributed by atoms with E-state index in [0.29, 0.717) is 0 Å². The number of hydrogen-bond acceptors (Lipinski definition) is 6. The lowest BCUT2D eigenvalue weighted by Crippen LogP contribution is -2.16. The average molecular weight is 310 g/mol. The number of anilines is 2. The lowest BCUT2D eigenvalue weighted by atomic mass is 10.1. The third-order valence-electron chi connectivity index (χ3n) is 3.01. The van der Waals surface area contributed by atoms with Crippen LogP contribution in [0.15, 0.2) is 29.3 Å². The molecule has 0 fully saturated rings. The monoisotopic (exact) mass is 310 g/mol. The predicted molar refractivity (Wildman–Crippen MR) is 78.6 cm³/mol. The minimum atomic E-state index is -3.69. The molecule has 0 radical (unpaired) electrons. The van der Waals surface area contributed by atoms with Gasteiger partial charge in [-0.1, -0.05) is 6.07 Å². The van der Waals surface area contributed by atoms with Crippen molar-refractivity contribution in [1.82, 2.24) is 9.97 Å². The van der Waals surface area contributed by atoms with Gasteiger partial charge in [-0.15, -0.1) is 0 Å². The van der Waals surface area contributed by atoms with E-state index in [-0.39, 0.29) is 27.8 Å². The number of benzene rings is 1. The van der Waals surface area contributed by atoms with E-state index in [0.717, 1.165) is 6.07 Å². The van der Waals surface area contributed by atoms with E-state index in [4.69, 9.17) is 11.5 Å². The van der Waals surface area contributed by atoms with E-state index < -0.39 is 20.9 Å². The Morgan fingerprint density at radius 2 is 1.90 bits per heavy atom. The normalized spacial score (nSPS) is 11.8. The third-order valence-corrected chi connectivity index (χ3v) is 5.20. The number of aromatic nitrogens is 2. The molecule has 8 heteroatoms. The Bertz CT molecular complexity index is 791. The van der Waals surface area contributed by atoms with Gasteiger partial charge in [-0.2, -0.15) is 4.98 Å². The first kappa shape index (κ1) is 15.2. The van der Waals surface area contributed by atoms with Crippen LogP contribution in [0.1, 0.15) is 13.8 Å². The number of halogens is 1. The fourth-order valence-corrected chi connectivity index (χ4v) is 3.13. The summed E-state index contributed by atoms with van der Waals surface area (Å²) in [5, 5.41) is -0.700. The molecule has 2 rings (SSSR count). The lowest BCUT2D eigenvalue weighted by molar-refractivity contribution is 0.584. The summed E-state index contributed by atoms with van der Waals surface area (Å²) in [7, 11) is -3.69. The van der Waals surface area contributed by atoms with E-state index in [1.165, 1.54) is 32.2 Å². The molecule has 112 valence electrons. The van der Waals surface area contributed by atoms with Crippen molar-refractivity contribution in [2.24, 2.45) is 0 Å². The largest absolute Gasteiger partial charge is 0.383 e. The van der Waals surface area contributed by atoms with Crippen LogP contribution in [0.2, 0.25) is 0 Å². The molecule has 4 N–H and O–H groups in total. The molecule has 1 aromatic heterocycles. The minimum absolute atomic E-state index is 0.0687. The summed E-state index contributed by atoms with van der Waals surface area (Å²) in [6, 6.07) is 3.83. The van der Waals surface area contributed by atoms with Gasteiger partial charge in [-0.25, -0.2) is 17.8 Å². The van der Waals surface area contributed by atoms with Crippen molar-refractivity contribution < 1.29 is 12.8 Å². The van der Waals surface area contributed by atoms with Gasteiger partial charge < -0.3 is 11.5 Å². The van der Waals surface area contributed by atoms with Gasteiger partial charge in [0.2, 0.25) is 5.95 Å². The zero-order valence-corrected chi connectivity index (χ0v) is 12.4. The summed E-state index contributed by atoms with van der Waals surface area (Å²) >= 11 is 0. The second-order valence-electron chi connectivity index (χ2n) is 4.73. The van der Waals surface area contributed by atoms with Crippen LogP contribution < -0.4 is 11.5 Å². The fraction of sp³-hybridized carbons (Fsp3) is 0.231. The zero-order valence-electron chi connectivity index (χ0n) is 11.5. The van der Waals surface area contributed by atoms with E-state index in [2.05, 4.69) is 9.97 Å². The Morgan fingerprint density at radius 1 is 1.24 bits per heavy atom. The quantitative estimate of drug-likeness (QED) is 0.891. The van der Waals surface area contributed by atoms with Crippen LogP contribution in [0, 0.1) is 5.82 Å². The first-order chi connectivity index (χ1) is 9.75. The van der Waals surface area contributed by atoms with E-state index in [1.807, 2.05) is 0 Å². The maximum atomic E-state index is 14.2. The predicted octanol–water partition coefficient (Wildman–Crippen LogP) is 1.63. The van der Waals surface area contributed by atoms with Gasteiger partial charge in [0, 0.05) is 17.3 Å². The summed E-state index contributed by atoms with van der Waals surface area (Å²) in [6.45, 7) is 3.04. The first-order valence-corrected chi connectivity index (χ1v) is 7.70. The average Bonchev–Trinajstić information content (AvgIpc) is 2.39. The maximum absolute atomic E-state index is 14.2. The van der Waals surface area contributed by atoms with Gasteiger partial charge in [-0.05, 0) is 26.0 Å². The van der Waals surface area contributed by atoms with Gasteiger partial charge in [-0.3, -0.25) is 0 Å². The number of nitrogens with zero attached hydrogens (tertiary/aromatic N) is 2. The van der Waals surface area contributed by atoms with E-state index in [9.17, 15) is 12.8 Å². The highest BCUT2D eigenvalue weighted by molar-refractivity contribution is 7.92. The molecular formula is C13H15FN4O2S. The van der Waals surface area contributed by atoms with Gasteiger partial charge >= 0.3 is 0 Å². The van der Waals surface area contributed by atoms with Crippen molar-refractivity contribution >= 4 is 21.6 Å². The number of nitrogen functional groups attached to an aromatic ring is 2. The van der Waals surface area contributed by atoms with Crippen LogP contribution in [-0.4, -0.2) is 23.6 Å². The molecular weight excluding hydrogens is 295 g/mol. The summed E-state index contributed by atoms with van der Waals surface area (Å²) in [5.41, 5.74) is 11.1. The highest BCUT2D eigenvalue weighted by atomic mass is 32.2. The number of nitrogens with two attached hydrogens (primary N) is 2. The first-order valence-electron chi connectivity index (χ1n) is 6.16. The molecule has 0 aliphatic heterocycles. The standard InChI is InChI=1S/C13H15FN4O2S/c1-7(2)21(19,20)10-5-3-4-9(14)11(10)8-6-17-13(16)18-12(8)15/h3-7H,1-2H3,(H4,15,16,17,18). The molecule has 0 aliphatic rings. The Balaban J connectivity index is 2.81. The second kappa shape index (κ2) is 5.28. The van der Waals surface area contributed by atoms with Gasteiger partial charge in [0.1, 0.15) is 11.6 Å². The van der Waals surface area contributed by atoms with Crippen LogP contribution in [0.4, 0.5) is 16.2 Å². The molecule has 0 saturated carbocycles. The van der Waals surface area contributed by atoms with Crippen LogP contribution in [0.25, 0.3) is 11.1 Å². The van der Waals surface area contributed by atoms with Crippen molar-refractivity contribution in [3.8, 4) is 11.1 Å². The van der Waals surface area contributed by atoms with Crippen LogP contribution in [0.5, 0.6) is 0 Å². The Morgan fingerprint density at radius 3 is 2.48 bits per heavy atom. The smallest absolute Gasteiger partial charge is 0.221 e. The minimum Gasteiger partial charge on any atom is -0.383 e. The van der Waals surface area contributed by atoms with Crippen molar-refractivity contribution in [2.75, 3.05) is 11.5 Å². The van der Waals surface area contributed by atoms with Gasteiger partial charge in [0.15, 0.2) is 9.84 Å². The Labute approximate surface area is 121 Å². The van der Waals surface area contributed by atoms with Crippen LogP contribution in [0.3, 0.4) is 0 Å². The van der Waals surface area contributed by atoms with Gasteiger partial charge in [0.25, 0.3) is 0 Å². The van der Waals surface area contributed by atoms with Crippen LogP contribution in [-0.2, 0) is 9.84 Å². The lowest BCUT2D eigenvalue weighted by Gasteiger charge is -2.14. The molecule has 0 bridgehead atoms. The second-order valence-corrected chi connectivity index (χ2v) is 7.21. The SMILES string of the molecule is CC(C)S(=O)(=O)c1cccc(F)c1-c1cnc(N)nc1N. The molecule has 21 heavy (non-hydrogen) atoms. The molecule has 0 aliphatic carbocycles. The molecule has 1 aromatic carbocycles. The molecule has 0 unspecified atom stereocenters. The van der Waals surface area contributed by atoms with Crippen LogP contribution >= 0.6 is 0 Å². The zero-order chi connectivity index (χ0) is 15.8. The number of sulfone groups is 1. The van der Waals surface area contributed by atoms with Crippen molar-refractivity contribution in [1.29, 1.82) is 0 Å². The highest BCUT2D eigenvalue weighted by Gasteiger charge is 2.26. The summed E-state index contributed by atoms with van der Waals surface area (Å²) < 4.78 is 39.0. The summed E-state index contributed by atoms with van der Waals surface area (Å²) in [4.78, 5) is 7.35. The molecule has 0 saturated heterocycles. The Kier molecular flexibility index (Phi) is 3.82. The maximum Gasteiger partial charge on any atom is 0.221 e. The highest BCUT2D eigenvalue weighted by Crippen LogP contribution is 2.34. The van der Waals surface area contributed by atoms with Crippen molar-refractivity contribution in [3.63, 3.8) is 0 Å². The molecule has 1 heterocycles. The molecule has 6 nitrogen and oxygen atoms in total. The van der Waals surface area contributed by atoms with E-state index in [1.54, 1.807) is 0 Å². The van der Waals surface area contributed by atoms with Crippen molar-refractivity contribution in [3.05, 3.63) is 30.2 Å². The molecule has 0 atom stereocenters. The Hall–Kier alpha value is -2.22. The molecule has 2 aromatic rings. The fourth-order valence-electron chi connectivity index (χ4n) is 1.86. The van der Waals surface area contributed by atoms with Crippen molar-refractivity contribution in [2.45, 2.75) is 24.0 Å². The number of rotatable bonds is 3. The summed E-state index contributed by atoms with van der Waals surface area (Å²) in [6.07, 6.45) is 1.22. The number of hydrogen-bond donors (Lipinski definition) is 2. The topological polar surface area (TPSA) is 112 Å². The molecule has 0 amide bonds. The summed E-state index contributed by atoms with van der Waals surface area (Å²) in [5.74, 6) is -0.856. The van der Waals surface area contributed by atoms with E-state index >= 15 is 0 Å². The van der Waals surface area contributed by atoms with Gasteiger partial charge in [0.05, 0.1) is 10.1 Å². The third kappa shape index (κ3) is 2.66. The molecule has 0 spiro atoms.